The van der Waals surface area contributed by atoms with Crippen LogP contribution in [0.5, 0.6) is 11.5 Å². The van der Waals surface area contributed by atoms with Gasteiger partial charge in [-0.3, -0.25) is 0 Å². The number of hydrogen-bond acceptors (Lipinski definition) is 4. The molecular weight excluding hydrogens is 240 g/mol. The highest BCUT2D eigenvalue weighted by Gasteiger charge is 2.14. The van der Waals surface area contributed by atoms with Gasteiger partial charge in [0.15, 0.2) is 11.5 Å². The van der Waals surface area contributed by atoms with E-state index in [9.17, 15) is 0 Å². The first-order chi connectivity index (χ1) is 8.96. The van der Waals surface area contributed by atoms with Gasteiger partial charge in [0.05, 0.1) is 0 Å². The number of hydrogen-bond donors (Lipinski definition) is 1. The molecule has 4 nitrogen and oxygen atoms in total. The molecule has 0 spiro atoms. The molecule has 2 N–H and O–H groups in total. The predicted octanol–water partition coefficient (Wildman–Crippen LogP) is 2.41. The largest absolute Gasteiger partial charge is 0.486 e. The van der Waals surface area contributed by atoms with Gasteiger partial charge in [-0.05, 0) is 38.8 Å². The lowest BCUT2D eigenvalue weighted by atomic mass is 10.00. The number of anilines is 1. The maximum Gasteiger partial charge on any atom is 0.163 e. The molecule has 1 aliphatic rings. The number of nitrogens with two attached hydrogens (primary N) is 1. The molecule has 106 valence electrons. The topological polar surface area (TPSA) is 47.7 Å². The molecule has 4 heteroatoms. The standard InChI is InChI=1S/C15H24N2O2/c1-15(2,16)7-4-8-17(3)12-5-6-13-14(11-12)19-10-9-18-13/h5-6,11H,4,7-10,16H2,1-3H3. The van der Waals surface area contributed by atoms with Gasteiger partial charge in [-0.2, -0.15) is 0 Å². The summed E-state index contributed by atoms with van der Waals surface area (Å²) in [5.74, 6) is 1.68. The molecule has 19 heavy (non-hydrogen) atoms. The third kappa shape index (κ3) is 4.03. The molecule has 1 aromatic carbocycles. The van der Waals surface area contributed by atoms with Crippen LogP contribution in [0.3, 0.4) is 0 Å². The van der Waals surface area contributed by atoms with E-state index in [0.29, 0.717) is 13.2 Å². The zero-order chi connectivity index (χ0) is 13.9. The Morgan fingerprint density at radius 1 is 1.21 bits per heavy atom. The molecule has 0 radical (unpaired) electrons. The molecule has 1 aromatic rings. The molecule has 0 aliphatic carbocycles. The fraction of sp³-hybridized carbons (Fsp3) is 0.600. The number of nitrogens with zero attached hydrogens (tertiary/aromatic N) is 1. The van der Waals surface area contributed by atoms with Crippen molar-refractivity contribution in [2.45, 2.75) is 32.2 Å². The summed E-state index contributed by atoms with van der Waals surface area (Å²) in [7, 11) is 2.09. The van der Waals surface area contributed by atoms with Crippen LogP contribution in [0.4, 0.5) is 5.69 Å². The van der Waals surface area contributed by atoms with Crippen molar-refractivity contribution in [3.05, 3.63) is 18.2 Å². The Kier molecular flexibility index (Phi) is 4.20. The molecule has 0 saturated carbocycles. The average Bonchev–Trinajstić information content (AvgIpc) is 2.36. The van der Waals surface area contributed by atoms with Gasteiger partial charge in [-0.15, -0.1) is 0 Å². The van der Waals surface area contributed by atoms with E-state index in [0.717, 1.165) is 36.6 Å². The summed E-state index contributed by atoms with van der Waals surface area (Å²) in [6.45, 7) is 6.38. The highest BCUT2D eigenvalue weighted by molar-refractivity contribution is 5.56. The van der Waals surface area contributed by atoms with E-state index in [1.807, 2.05) is 12.1 Å². The summed E-state index contributed by atoms with van der Waals surface area (Å²) in [5.41, 5.74) is 7.06. The van der Waals surface area contributed by atoms with Crippen molar-refractivity contribution in [2.24, 2.45) is 5.73 Å². The van der Waals surface area contributed by atoms with Gasteiger partial charge in [0.2, 0.25) is 0 Å². The second kappa shape index (κ2) is 5.70. The Balaban J connectivity index is 1.94. The normalized spacial score (nSPS) is 14.3. The van der Waals surface area contributed by atoms with Crippen LogP contribution in [0.2, 0.25) is 0 Å². The first-order valence-electron chi connectivity index (χ1n) is 6.85. The van der Waals surface area contributed by atoms with Crippen LogP contribution < -0.4 is 20.1 Å². The van der Waals surface area contributed by atoms with Crippen molar-refractivity contribution in [1.82, 2.24) is 0 Å². The van der Waals surface area contributed by atoms with E-state index < -0.39 is 0 Å². The molecule has 1 heterocycles. The third-order valence-electron chi connectivity index (χ3n) is 3.28. The van der Waals surface area contributed by atoms with Gasteiger partial charge in [-0.1, -0.05) is 0 Å². The molecular formula is C15H24N2O2. The number of fused-ring (bicyclic) bond motifs is 1. The van der Waals surface area contributed by atoms with Crippen molar-refractivity contribution in [2.75, 3.05) is 31.7 Å². The first-order valence-corrected chi connectivity index (χ1v) is 6.85. The van der Waals surface area contributed by atoms with E-state index in [-0.39, 0.29) is 5.54 Å². The van der Waals surface area contributed by atoms with E-state index in [1.165, 1.54) is 0 Å². The maximum absolute atomic E-state index is 6.00. The van der Waals surface area contributed by atoms with Crippen LogP contribution >= 0.6 is 0 Å². The van der Waals surface area contributed by atoms with Gasteiger partial charge in [0, 0.05) is 30.9 Å². The van der Waals surface area contributed by atoms with Crippen molar-refractivity contribution in [3.63, 3.8) is 0 Å². The minimum Gasteiger partial charge on any atom is -0.486 e. The van der Waals surface area contributed by atoms with Crippen molar-refractivity contribution >= 4 is 5.69 Å². The average molecular weight is 264 g/mol. The minimum absolute atomic E-state index is 0.0896. The SMILES string of the molecule is CN(CCCC(C)(C)N)c1ccc2c(c1)OCCO2. The van der Waals surface area contributed by atoms with E-state index in [2.05, 4.69) is 31.9 Å². The van der Waals surface area contributed by atoms with Gasteiger partial charge in [0.1, 0.15) is 13.2 Å². The lowest BCUT2D eigenvalue weighted by Crippen LogP contribution is -2.33. The van der Waals surface area contributed by atoms with Gasteiger partial charge >= 0.3 is 0 Å². The Bertz CT molecular complexity index is 427. The molecule has 0 unspecified atom stereocenters. The summed E-state index contributed by atoms with van der Waals surface area (Å²) >= 11 is 0. The molecule has 1 aliphatic heterocycles. The number of benzene rings is 1. The van der Waals surface area contributed by atoms with E-state index in [4.69, 9.17) is 15.2 Å². The second-order valence-corrected chi connectivity index (χ2v) is 5.84. The summed E-state index contributed by atoms with van der Waals surface area (Å²) in [6.07, 6.45) is 2.09. The number of ether oxygens (including phenoxy) is 2. The van der Waals surface area contributed by atoms with Crippen LogP contribution in [0.1, 0.15) is 26.7 Å². The van der Waals surface area contributed by atoms with E-state index in [1.54, 1.807) is 0 Å². The molecule has 0 fully saturated rings. The van der Waals surface area contributed by atoms with Crippen LogP contribution in [-0.2, 0) is 0 Å². The molecule has 0 saturated heterocycles. The second-order valence-electron chi connectivity index (χ2n) is 5.84. The molecule has 0 atom stereocenters. The molecule has 0 bridgehead atoms. The quantitative estimate of drug-likeness (QED) is 0.887. The van der Waals surface area contributed by atoms with Gasteiger partial charge in [-0.25, -0.2) is 0 Å². The summed E-state index contributed by atoms with van der Waals surface area (Å²) in [4.78, 5) is 2.23. The first kappa shape index (κ1) is 14.0. The maximum atomic E-state index is 6.00. The Labute approximate surface area is 115 Å². The van der Waals surface area contributed by atoms with Crippen LogP contribution in [-0.4, -0.2) is 32.3 Å². The van der Waals surface area contributed by atoms with Crippen molar-refractivity contribution in [3.8, 4) is 11.5 Å². The van der Waals surface area contributed by atoms with Crippen LogP contribution in [0, 0.1) is 0 Å². The fourth-order valence-electron chi connectivity index (χ4n) is 2.17. The zero-order valence-electron chi connectivity index (χ0n) is 12.1. The zero-order valence-corrected chi connectivity index (χ0v) is 12.1. The smallest absolute Gasteiger partial charge is 0.163 e. The summed E-state index contributed by atoms with van der Waals surface area (Å²) in [6, 6.07) is 6.09. The lowest BCUT2D eigenvalue weighted by molar-refractivity contribution is 0.171. The summed E-state index contributed by atoms with van der Waals surface area (Å²) in [5, 5.41) is 0. The van der Waals surface area contributed by atoms with Gasteiger partial charge in [0.25, 0.3) is 0 Å². The number of rotatable bonds is 5. The summed E-state index contributed by atoms with van der Waals surface area (Å²) < 4.78 is 11.1. The lowest BCUT2D eigenvalue weighted by Gasteiger charge is -2.25. The van der Waals surface area contributed by atoms with Crippen molar-refractivity contribution in [1.29, 1.82) is 0 Å². The third-order valence-corrected chi connectivity index (χ3v) is 3.28. The van der Waals surface area contributed by atoms with Gasteiger partial charge < -0.3 is 20.1 Å². The predicted molar refractivity (Wildman–Crippen MR) is 78.2 cm³/mol. The Morgan fingerprint density at radius 3 is 2.58 bits per heavy atom. The molecule has 0 aromatic heterocycles. The van der Waals surface area contributed by atoms with Crippen LogP contribution in [0.15, 0.2) is 18.2 Å². The minimum atomic E-state index is -0.0896. The molecule has 0 amide bonds. The molecule has 2 rings (SSSR count). The Hall–Kier alpha value is -1.42. The Morgan fingerprint density at radius 2 is 1.89 bits per heavy atom. The van der Waals surface area contributed by atoms with Crippen LogP contribution in [0.25, 0.3) is 0 Å². The monoisotopic (exact) mass is 264 g/mol. The van der Waals surface area contributed by atoms with Crippen molar-refractivity contribution < 1.29 is 9.47 Å². The van der Waals surface area contributed by atoms with E-state index >= 15 is 0 Å². The highest BCUT2D eigenvalue weighted by atomic mass is 16.6. The highest BCUT2D eigenvalue weighted by Crippen LogP contribution is 2.33. The fourth-order valence-corrected chi connectivity index (χ4v) is 2.17.